The lowest BCUT2D eigenvalue weighted by molar-refractivity contribution is 0.171. The highest BCUT2D eigenvalue weighted by molar-refractivity contribution is 5.85. The van der Waals surface area contributed by atoms with Crippen molar-refractivity contribution in [2.45, 2.75) is 39.0 Å². The number of halogens is 1. The van der Waals surface area contributed by atoms with Gasteiger partial charge in [-0.15, -0.1) is 12.4 Å². The minimum Gasteiger partial charge on any atom is -0.492 e. The van der Waals surface area contributed by atoms with Crippen LogP contribution in [0.1, 0.15) is 39.2 Å². The normalized spacial score (nSPS) is 14.8. The Morgan fingerprint density at radius 1 is 1.12 bits per heavy atom. The number of carbonyl (C=O) groups is 1. The Labute approximate surface area is 157 Å². The van der Waals surface area contributed by atoms with Crippen molar-refractivity contribution in [1.82, 2.24) is 9.80 Å². The van der Waals surface area contributed by atoms with Crippen molar-refractivity contribution in [2.75, 3.05) is 40.3 Å². The van der Waals surface area contributed by atoms with Gasteiger partial charge in [-0.3, -0.25) is 4.90 Å². The highest BCUT2D eigenvalue weighted by Gasteiger charge is 2.18. The molecule has 2 rings (SSSR count). The summed E-state index contributed by atoms with van der Waals surface area (Å²) < 4.78 is 11.4. The lowest BCUT2D eigenvalue weighted by atomic mass is 9.87. The monoisotopic (exact) mass is 370 g/mol. The molecule has 25 heavy (non-hydrogen) atoms. The molecule has 0 N–H and O–H groups in total. The second-order valence-corrected chi connectivity index (χ2v) is 7.60. The predicted octanol–water partition coefficient (Wildman–Crippen LogP) is 3.94. The van der Waals surface area contributed by atoms with E-state index >= 15 is 0 Å². The molecule has 1 heterocycles. The van der Waals surface area contributed by atoms with E-state index in [1.54, 1.807) is 20.2 Å². The van der Waals surface area contributed by atoms with E-state index in [-0.39, 0.29) is 23.9 Å². The summed E-state index contributed by atoms with van der Waals surface area (Å²) in [7, 11) is 3.34. The van der Waals surface area contributed by atoms with E-state index in [2.05, 4.69) is 25.7 Å². The number of amides is 1. The predicted molar refractivity (Wildman–Crippen MR) is 103 cm³/mol. The fourth-order valence-corrected chi connectivity index (χ4v) is 2.64. The van der Waals surface area contributed by atoms with E-state index in [0.29, 0.717) is 12.4 Å². The van der Waals surface area contributed by atoms with Crippen LogP contribution < -0.4 is 9.47 Å². The fourth-order valence-electron chi connectivity index (χ4n) is 2.64. The number of benzene rings is 1. The van der Waals surface area contributed by atoms with Crippen molar-refractivity contribution >= 4 is 18.5 Å². The fraction of sp³-hybridized carbons (Fsp3) is 0.632. The summed E-state index contributed by atoms with van der Waals surface area (Å²) in [6, 6.07) is 5.74. The molecule has 0 bridgehead atoms. The van der Waals surface area contributed by atoms with Gasteiger partial charge in [-0.05, 0) is 49.0 Å². The van der Waals surface area contributed by atoms with E-state index < -0.39 is 0 Å². The third kappa shape index (κ3) is 6.75. The number of ether oxygens (including phenoxy) is 2. The Balaban J connectivity index is 0.00000312. The molecule has 0 aliphatic carbocycles. The molecule has 1 saturated heterocycles. The number of hydrogen-bond donors (Lipinski definition) is 0. The molecular weight excluding hydrogens is 340 g/mol. The van der Waals surface area contributed by atoms with Crippen molar-refractivity contribution in [3.8, 4) is 11.5 Å². The van der Waals surface area contributed by atoms with Crippen molar-refractivity contribution in [2.24, 2.45) is 0 Å². The molecular formula is C19H31ClN2O3. The maximum atomic E-state index is 11.8. The Bertz CT molecular complexity index is 564. The molecule has 0 aromatic heterocycles. The molecule has 1 aromatic carbocycles. The minimum atomic E-state index is -0.385. The van der Waals surface area contributed by atoms with Crippen LogP contribution in [-0.2, 0) is 5.41 Å². The summed E-state index contributed by atoms with van der Waals surface area (Å²) in [4.78, 5) is 15.7. The van der Waals surface area contributed by atoms with Gasteiger partial charge >= 0.3 is 6.09 Å². The highest BCUT2D eigenvalue weighted by atomic mass is 35.5. The summed E-state index contributed by atoms with van der Waals surface area (Å²) in [5, 5.41) is 0. The molecule has 1 aliphatic heterocycles. The Morgan fingerprint density at radius 2 is 1.72 bits per heavy atom. The minimum absolute atomic E-state index is 0. The van der Waals surface area contributed by atoms with Gasteiger partial charge in [0.15, 0.2) is 0 Å². The summed E-state index contributed by atoms with van der Waals surface area (Å²) in [6.45, 7) is 10.3. The SMILES string of the molecule is CN(C)C(=O)Oc1cc(OCCN2CCCC2)cc(C(C)(C)C)c1.Cl. The van der Waals surface area contributed by atoms with Gasteiger partial charge in [0.25, 0.3) is 0 Å². The molecule has 1 aromatic rings. The lowest BCUT2D eigenvalue weighted by Crippen LogP contribution is -2.26. The summed E-state index contributed by atoms with van der Waals surface area (Å²) >= 11 is 0. The highest BCUT2D eigenvalue weighted by Crippen LogP contribution is 2.31. The Kier molecular flexibility index (Phi) is 8.03. The first-order chi connectivity index (χ1) is 11.3. The van der Waals surface area contributed by atoms with Crippen LogP contribution in [0.2, 0.25) is 0 Å². The van der Waals surface area contributed by atoms with Crippen molar-refractivity contribution in [1.29, 1.82) is 0 Å². The molecule has 5 nitrogen and oxygen atoms in total. The van der Waals surface area contributed by atoms with Gasteiger partial charge in [-0.1, -0.05) is 20.8 Å². The second-order valence-electron chi connectivity index (χ2n) is 7.60. The number of hydrogen-bond acceptors (Lipinski definition) is 4. The molecule has 0 atom stereocenters. The van der Waals surface area contributed by atoms with E-state index in [1.807, 2.05) is 12.1 Å². The van der Waals surface area contributed by atoms with Gasteiger partial charge in [0, 0.05) is 26.7 Å². The summed E-state index contributed by atoms with van der Waals surface area (Å²) in [5.41, 5.74) is 1.04. The zero-order valence-corrected chi connectivity index (χ0v) is 16.8. The molecule has 1 amide bonds. The number of rotatable bonds is 5. The van der Waals surface area contributed by atoms with Crippen molar-refractivity contribution in [3.63, 3.8) is 0 Å². The van der Waals surface area contributed by atoms with Crippen LogP contribution in [0.3, 0.4) is 0 Å². The van der Waals surface area contributed by atoms with Crippen LogP contribution in [0.5, 0.6) is 11.5 Å². The molecule has 0 spiro atoms. The topological polar surface area (TPSA) is 42.0 Å². The zero-order chi connectivity index (χ0) is 17.7. The number of likely N-dealkylation sites (tertiary alicyclic amines) is 1. The van der Waals surface area contributed by atoms with Crippen LogP contribution >= 0.6 is 12.4 Å². The second kappa shape index (κ2) is 9.30. The average Bonchev–Trinajstić information content (AvgIpc) is 2.99. The first-order valence-corrected chi connectivity index (χ1v) is 8.65. The first-order valence-electron chi connectivity index (χ1n) is 8.65. The lowest BCUT2D eigenvalue weighted by Gasteiger charge is -2.22. The quantitative estimate of drug-likeness (QED) is 0.787. The van der Waals surface area contributed by atoms with Crippen LogP contribution in [0, 0.1) is 0 Å². The van der Waals surface area contributed by atoms with Crippen LogP contribution in [0.25, 0.3) is 0 Å². The van der Waals surface area contributed by atoms with Crippen molar-refractivity contribution in [3.05, 3.63) is 23.8 Å². The summed E-state index contributed by atoms with van der Waals surface area (Å²) in [5.74, 6) is 1.28. The third-order valence-electron chi connectivity index (χ3n) is 4.19. The largest absolute Gasteiger partial charge is 0.492 e. The van der Waals surface area contributed by atoms with E-state index in [4.69, 9.17) is 9.47 Å². The van der Waals surface area contributed by atoms with Crippen LogP contribution in [-0.4, -0.2) is 56.2 Å². The van der Waals surface area contributed by atoms with Crippen molar-refractivity contribution < 1.29 is 14.3 Å². The molecule has 0 radical (unpaired) electrons. The average molecular weight is 371 g/mol. The molecule has 0 saturated carbocycles. The molecule has 1 aliphatic rings. The Hall–Kier alpha value is -1.46. The van der Waals surface area contributed by atoms with Crippen LogP contribution in [0.4, 0.5) is 4.79 Å². The standard InChI is InChI=1S/C19H30N2O3.ClH/c1-19(2,3)15-12-16(23-11-10-21-8-6-7-9-21)14-17(13-15)24-18(22)20(4)5;/h12-14H,6-11H2,1-5H3;1H. The molecule has 0 unspecified atom stereocenters. The smallest absolute Gasteiger partial charge is 0.414 e. The zero-order valence-electron chi connectivity index (χ0n) is 16.0. The molecule has 6 heteroatoms. The first kappa shape index (κ1) is 21.6. The number of nitrogens with zero attached hydrogens (tertiary/aromatic N) is 2. The van der Waals surface area contributed by atoms with Crippen LogP contribution in [0.15, 0.2) is 18.2 Å². The van der Waals surface area contributed by atoms with Gasteiger partial charge in [0.1, 0.15) is 18.1 Å². The molecule has 142 valence electrons. The van der Waals surface area contributed by atoms with E-state index in [0.717, 1.165) is 30.9 Å². The van der Waals surface area contributed by atoms with Gasteiger partial charge < -0.3 is 14.4 Å². The van der Waals surface area contributed by atoms with Gasteiger partial charge in [0.05, 0.1) is 0 Å². The van der Waals surface area contributed by atoms with Gasteiger partial charge in [0.2, 0.25) is 0 Å². The van der Waals surface area contributed by atoms with Gasteiger partial charge in [-0.2, -0.15) is 0 Å². The van der Waals surface area contributed by atoms with E-state index in [1.165, 1.54) is 17.7 Å². The number of carbonyl (C=O) groups excluding carboxylic acids is 1. The third-order valence-corrected chi connectivity index (χ3v) is 4.19. The summed E-state index contributed by atoms with van der Waals surface area (Å²) in [6.07, 6.45) is 2.18. The Morgan fingerprint density at radius 3 is 2.28 bits per heavy atom. The van der Waals surface area contributed by atoms with E-state index in [9.17, 15) is 4.79 Å². The maximum Gasteiger partial charge on any atom is 0.414 e. The van der Waals surface area contributed by atoms with Gasteiger partial charge in [-0.25, -0.2) is 4.79 Å². The molecule has 1 fully saturated rings. The maximum absolute atomic E-state index is 11.8.